The Morgan fingerprint density at radius 2 is 1.65 bits per heavy atom. The molecule has 0 unspecified atom stereocenters. The quantitative estimate of drug-likeness (QED) is 0.722. The number of nitrogens with zero attached hydrogens (tertiary/aromatic N) is 2. The molecule has 1 aromatic carbocycles. The minimum Gasteiger partial charge on any atom is -0.452 e. The van der Waals surface area contributed by atoms with Gasteiger partial charge < -0.3 is 9.64 Å². The van der Waals surface area contributed by atoms with E-state index in [-0.39, 0.29) is 23.0 Å². The van der Waals surface area contributed by atoms with Crippen LogP contribution in [0.3, 0.4) is 0 Å². The Kier molecular flexibility index (Phi) is 6.41. The standard InChI is InChI=1S/C18H26N2O5S/c1-13-9-14(2)11-20(10-13)17(21)12-25-18(22)15-5-7-16(8-6-15)26(23,24)19(3)4/h5-8,13-14H,9-12H2,1-4H3/t13-,14+. The van der Waals surface area contributed by atoms with Crippen LogP contribution in [0.25, 0.3) is 0 Å². The highest BCUT2D eigenvalue weighted by Gasteiger charge is 2.26. The van der Waals surface area contributed by atoms with E-state index in [4.69, 9.17) is 4.74 Å². The molecular formula is C18H26N2O5S. The Hall–Kier alpha value is -1.93. The van der Waals surface area contributed by atoms with Gasteiger partial charge in [0.05, 0.1) is 10.5 Å². The summed E-state index contributed by atoms with van der Waals surface area (Å²) in [6.07, 6.45) is 1.09. The predicted octanol–water partition coefficient (Wildman–Crippen LogP) is 1.60. The Bertz CT molecular complexity index is 748. The zero-order valence-electron chi connectivity index (χ0n) is 15.6. The fraction of sp³-hybridized carbons (Fsp3) is 0.556. The molecule has 1 saturated heterocycles. The molecule has 1 aromatic rings. The molecule has 1 fully saturated rings. The van der Waals surface area contributed by atoms with Crippen molar-refractivity contribution in [2.75, 3.05) is 33.8 Å². The number of hydrogen-bond donors (Lipinski definition) is 0. The summed E-state index contributed by atoms with van der Waals surface area (Å²) in [4.78, 5) is 26.2. The largest absolute Gasteiger partial charge is 0.452 e. The van der Waals surface area contributed by atoms with Crippen molar-refractivity contribution >= 4 is 21.9 Å². The Balaban J connectivity index is 1.95. The second-order valence-corrected chi connectivity index (χ2v) is 9.28. The summed E-state index contributed by atoms with van der Waals surface area (Å²) in [7, 11) is -0.678. The van der Waals surface area contributed by atoms with Gasteiger partial charge in [0.1, 0.15) is 0 Å². The fourth-order valence-corrected chi connectivity index (χ4v) is 4.04. The van der Waals surface area contributed by atoms with Gasteiger partial charge in [-0.25, -0.2) is 17.5 Å². The van der Waals surface area contributed by atoms with Gasteiger partial charge in [-0.15, -0.1) is 0 Å². The first-order chi connectivity index (χ1) is 12.1. The topological polar surface area (TPSA) is 84.0 Å². The average Bonchev–Trinajstić information content (AvgIpc) is 2.58. The third-order valence-corrected chi connectivity index (χ3v) is 6.25. The van der Waals surface area contributed by atoms with Gasteiger partial charge in [0.15, 0.2) is 6.61 Å². The molecule has 1 aliphatic rings. The molecule has 1 aliphatic heterocycles. The van der Waals surface area contributed by atoms with Crippen LogP contribution >= 0.6 is 0 Å². The Morgan fingerprint density at radius 1 is 1.12 bits per heavy atom. The minimum absolute atomic E-state index is 0.0893. The van der Waals surface area contributed by atoms with Crippen LogP contribution in [-0.2, 0) is 19.6 Å². The van der Waals surface area contributed by atoms with E-state index in [0.29, 0.717) is 24.9 Å². The molecule has 0 N–H and O–H groups in total. The SMILES string of the molecule is C[C@@H]1C[C@H](C)CN(C(=O)COC(=O)c2ccc(S(=O)(=O)N(C)C)cc2)C1. The van der Waals surface area contributed by atoms with E-state index in [2.05, 4.69) is 13.8 Å². The molecule has 2 rings (SSSR count). The monoisotopic (exact) mass is 382 g/mol. The molecule has 8 heteroatoms. The van der Waals surface area contributed by atoms with Crippen molar-refractivity contribution in [1.82, 2.24) is 9.21 Å². The number of carbonyl (C=O) groups excluding carboxylic acids is 2. The summed E-state index contributed by atoms with van der Waals surface area (Å²) < 4.78 is 30.2. The van der Waals surface area contributed by atoms with Gasteiger partial charge in [-0.05, 0) is 42.5 Å². The van der Waals surface area contributed by atoms with Crippen LogP contribution in [0.5, 0.6) is 0 Å². The molecule has 0 aromatic heterocycles. The van der Waals surface area contributed by atoms with E-state index in [1.807, 2.05) is 0 Å². The second kappa shape index (κ2) is 8.18. The first kappa shape index (κ1) is 20.4. The number of benzene rings is 1. The molecule has 0 bridgehead atoms. The van der Waals surface area contributed by atoms with Crippen molar-refractivity contribution in [2.24, 2.45) is 11.8 Å². The van der Waals surface area contributed by atoms with Crippen LogP contribution in [0.4, 0.5) is 0 Å². The zero-order valence-corrected chi connectivity index (χ0v) is 16.5. The number of piperidine rings is 1. The van der Waals surface area contributed by atoms with Crippen molar-refractivity contribution in [1.29, 1.82) is 0 Å². The Labute approximate surface area is 155 Å². The Morgan fingerprint density at radius 3 is 2.15 bits per heavy atom. The molecule has 0 radical (unpaired) electrons. The fourth-order valence-electron chi connectivity index (χ4n) is 3.14. The van der Waals surface area contributed by atoms with Crippen LogP contribution in [0.15, 0.2) is 29.2 Å². The number of rotatable bonds is 5. The molecule has 1 amide bonds. The van der Waals surface area contributed by atoms with E-state index in [1.54, 1.807) is 4.90 Å². The summed E-state index contributed by atoms with van der Waals surface area (Å²) in [5.41, 5.74) is 0.205. The molecule has 26 heavy (non-hydrogen) atoms. The number of carbonyl (C=O) groups is 2. The van der Waals surface area contributed by atoms with Gasteiger partial charge in [-0.1, -0.05) is 13.8 Å². The molecule has 7 nitrogen and oxygen atoms in total. The van der Waals surface area contributed by atoms with Crippen LogP contribution in [0, 0.1) is 11.8 Å². The van der Waals surface area contributed by atoms with E-state index >= 15 is 0 Å². The lowest BCUT2D eigenvalue weighted by atomic mass is 9.92. The third-order valence-electron chi connectivity index (χ3n) is 4.42. The molecule has 2 atom stereocenters. The van der Waals surface area contributed by atoms with Crippen molar-refractivity contribution < 1.29 is 22.7 Å². The minimum atomic E-state index is -3.55. The number of likely N-dealkylation sites (tertiary alicyclic amines) is 1. The number of ether oxygens (including phenoxy) is 1. The summed E-state index contributed by atoms with van der Waals surface area (Å²) in [5.74, 6) is 0.0167. The number of hydrogen-bond acceptors (Lipinski definition) is 5. The molecule has 144 valence electrons. The predicted molar refractivity (Wildman–Crippen MR) is 97.1 cm³/mol. The zero-order chi connectivity index (χ0) is 19.5. The summed E-state index contributed by atoms with van der Waals surface area (Å²) in [6.45, 7) is 5.25. The number of amides is 1. The maximum atomic E-state index is 12.2. The normalized spacial score (nSPS) is 20.9. The van der Waals surface area contributed by atoms with E-state index < -0.39 is 16.0 Å². The second-order valence-electron chi connectivity index (χ2n) is 7.13. The lowest BCUT2D eigenvalue weighted by Gasteiger charge is -2.34. The lowest BCUT2D eigenvalue weighted by molar-refractivity contribution is -0.137. The molecule has 0 saturated carbocycles. The van der Waals surface area contributed by atoms with Gasteiger partial charge in [0, 0.05) is 27.2 Å². The van der Waals surface area contributed by atoms with Gasteiger partial charge in [0.25, 0.3) is 5.91 Å². The smallest absolute Gasteiger partial charge is 0.338 e. The molecule has 0 spiro atoms. The van der Waals surface area contributed by atoms with Crippen molar-refractivity contribution in [3.05, 3.63) is 29.8 Å². The maximum absolute atomic E-state index is 12.2. The highest BCUT2D eigenvalue weighted by molar-refractivity contribution is 7.89. The van der Waals surface area contributed by atoms with E-state index in [9.17, 15) is 18.0 Å². The third kappa shape index (κ3) is 4.82. The van der Waals surface area contributed by atoms with Crippen molar-refractivity contribution in [3.8, 4) is 0 Å². The van der Waals surface area contributed by atoms with Crippen molar-refractivity contribution in [3.63, 3.8) is 0 Å². The summed E-state index contributed by atoms with van der Waals surface area (Å²) in [5, 5.41) is 0. The highest BCUT2D eigenvalue weighted by atomic mass is 32.2. The van der Waals surface area contributed by atoms with Gasteiger partial charge >= 0.3 is 5.97 Å². The average molecular weight is 382 g/mol. The van der Waals surface area contributed by atoms with Gasteiger partial charge in [-0.3, -0.25) is 4.79 Å². The molecule has 1 heterocycles. The lowest BCUT2D eigenvalue weighted by Crippen LogP contribution is -2.44. The number of sulfonamides is 1. The first-order valence-electron chi connectivity index (χ1n) is 8.58. The number of esters is 1. The van der Waals surface area contributed by atoms with Crippen LogP contribution < -0.4 is 0 Å². The summed E-state index contributed by atoms with van der Waals surface area (Å²) >= 11 is 0. The first-order valence-corrected chi connectivity index (χ1v) is 10.0. The van der Waals surface area contributed by atoms with Gasteiger partial charge in [-0.2, -0.15) is 0 Å². The maximum Gasteiger partial charge on any atom is 0.338 e. The van der Waals surface area contributed by atoms with Crippen LogP contribution in [0.1, 0.15) is 30.6 Å². The molecule has 0 aliphatic carbocycles. The highest BCUT2D eigenvalue weighted by Crippen LogP contribution is 2.21. The van der Waals surface area contributed by atoms with E-state index in [0.717, 1.165) is 10.7 Å². The van der Waals surface area contributed by atoms with Crippen LogP contribution in [-0.4, -0.2) is 63.3 Å². The molecular weight excluding hydrogens is 356 g/mol. The van der Waals surface area contributed by atoms with Crippen molar-refractivity contribution in [2.45, 2.75) is 25.2 Å². The van der Waals surface area contributed by atoms with E-state index in [1.165, 1.54) is 38.4 Å². The summed E-state index contributed by atoms with van der Waals surface area (Å²) in [6, 6.07) is 5.46. The van der Waals surface area contributed by atoms with Gasteiger partial charge in [0.2, 0.25) is 10.0 Å². The van der Waals surface area contributed by atoms with Crippen LogP contribution in [0.2, 0.25) is 0 Å².